The molecule has 0 spiro atoms. The summed E-state index contributed by atoms with van der Waals surface area (Å²) >= 11 is 7.24. The minimum atomic E-state index is -0.0189. The van der Waals surface area contributed by atoms with E-state index in [1.807, 2.05) is 36.4 Å². The second kappa shape index (κ2) is 9.67. The van der Waals surface area contributed by atoms with Gasteiger partial charge in [0.2, 0.25) is 0 Å². The van der Waals surface area contributed by atoms with Gasteiger partial charge in [0.1, 0.15) is 11.4 Å². The first-order valence-electron chi connectivity index (χ1n) is 10.4. The number of carbonyl (C=O) groups excluding carboxylic acids is 1. The van der Waals surface area contributed by atoms with E-state index in [-0.39, 0.29) is 11.9 Å². The van der Waals surface area contributed by atoms with E-state index >= 15 is 0 Å². The van der Waals surface area contributed by atoms with Crippen LogP contribution in [0.5, 0.6) is 5.75 Å². The Morgan fingerprint density at radius 2 is 1.93 bits per heavy atom. The zero-order chi connectivity index (χ0) is 20.9. The van der Waals surface area contributed by atoms with E-state index in [1.54, 1.807) is 23.8 Å². The first-order valence-corrected chi connectivity index (χ1v) is 11.8. The van der Waals surface area contributed by atoms with Crippen LogP contribution in [0.25, 0.3) is 6.08 Å². The maximum absolute atomic E-state index is 13.0. The van der Waals surface area contributed by atoms with Crippen LogP contribution in [0.2, 0.25) is 0 Å². The van der Waals surface area contributed by atoms with E-state index in [0.29, 0.717) is 10.8 Å². The molecule has 1 N–H and O–H groups in total. The van der Waals surface area contributed by atoms with Crippen LogP contribution < -0.4 is 10.1 Å². The highest BCUT2D eigenvalue weighted by atomic mass is 32.2. The quantitative estimate of drug-likeness (QED) is 0.373. The van der Waals surface area contributed by atoms with Crippen LogP contribution >= 0.6 is 24.0 Å². The van der Waals surface area contributed by atoms with E-state index in [0.717, 1.165) is 48.3 Å². The van der Waals surface area contributed by atoms with Crippen molar-refractivity contribution in [1.29, 1.82) is 0 Å². The van der Waals surface area contributed by atoms with Gasteiger partial charge in [-0.05, 0) is 54.9 Å². The number of benzene rings is 2. The summed E-state index contributed by atoms with van der Waals surface area (Å²) in [4.78, 5) is 16.0. The van der Waals surface area contributed by atoms with E-state index in [1.165, 1.54) is 11.3 Å². The van der Waals surface area contributed by atoms with Gasteiger partial charge in [-0.2, -0.15) is 0 Å². The lowest BCUT2D eigenvalue weighted by Crippen LogP contribution is -2.41. The number of carbonyl (C=O) groups is 1. The van der Waals surface area contributed by atoms with Gasteiger partial charge in [0.25, 0.3) is 5.91 Å². The summed E-state index contributed by atoms with van der Waals surface area (Å²) in [5.74, 6) is 1.63. The molecular formula is C24H26N2O2S2. The summed E-state index contributed by atoms with van der Waals surface area (Å²) in [5, 5.41) is 3.65. The number of nitrogens with one attached hydrogen (secondary N) is 1. The molecule has 0 atom stereocenters. The van der Waals surface area contributed by atoms with Crippen molar-refractivity contribution < 1.29 is 9.53 Å². The van der Waals surface area contributed by atoms with E-state index in [2.05, 4.69) is 23.5 Å². The largest absolute Gasteiger partial charge is 0.496 e. The second-order valence-corrected chi connectivity index (χ2v) is 9.06. The molecule has 1 amide bonds. The third kappa shape index (κ3) is 4.71. The zero-order valence-corrected chi connectivity index (χ0v) is 18.7. The standard InChI is InChI=1S/C24H26N2O2S2/c1-28-22-15-17(12-13-18(22)16-30-20-10-6-3-7-11-20)14-21-23(27)26(24(29)25-21)19-8-4-2-5-9-19/h3,6-7,10-15,19H,2,4-5,8-9,16H2,1H3,(H,25,29)/b21-14+. The van der Waals surface area contributed by atoms with Crippen LogP contribution in [0.3, 0.4) is 0 Å². The number of methoxy groups -OCH3 is 1. The topological polar surface area (TPSA) is 41.6 Å². The number of amides is 1. The molecule has 2 aliphatic rings. The van der Waals surface area contributed by atoms with Gasteiger partial charge in [0.05, 0.1) is 7.11 Å². The Labute approximate surface area is 187 Å². The molecule has 1 aliphatic carbocycles. The second-order valence-electron chi connectivity index (χ2n) is 7.63. The van der Waals surface area contributed by atoms with Gasteiger partial charge in [0.15, 0.2) is 5.11 Å². The summed E-state index contributed by atoms with van der Waals surface area (Å²) in [6, 6.07) is 16.6. The highest BCUT2D eigenvalue weighted by Crippen LogP contribution is 2.30. The van der Waals surface area contributed by atoms with Crippen molar-refractivity contribution in [3.8, 4) is 5.75 Å². The summed E-state index contributed by atoms with van der Waals surface area (Å²) < 4.78 is 5.62. The van der Waals surface area contributed by atoms with Crippen molar-refractivity contribution in [3.05, 3.63) is 65.4 Å². The molecule has 2 fully saturated rings. The Balaban J connectivity index is 1.49. The van der Waals surface area contributed by atoms with Crippen LogP contribution in [-0.4, -0.2) is 29.1 Å². The van der Waals surface area contributed by atoms with Crippen LogP contribution in [-0.2, 0) is 10.5 Å². The first-order chi connectivity index (χ1) is 14.7. The molecule has 1 saturated carbocycles. The molecule has 2 aromatic carbocycles. The minimum absolute atomic E-state index is 0.0189. The molecule has 1 heterocycles. The summed E-state index contributed by atoms with van der Waals surface area (Å²) in [7, 11) is 1.68. The van der Waals surface area contributed by atoms with Crippen molar-refractivity contribution in [1.82, 2.24) is 10.2 Å². The predicted octanol–water partition coefficient (Wildman–Crippen LogP) is 5.38. The Kier molecular flexibility index (Phi) is 6.75. The lowest BCUT2D eigenvalue weighted by atomic mass is 9.94. The van der Waals surface area contributed by atoms with Gasteiger partial charge in [-0.3, -0.25) is 9.69 Å². The molecule has 2 aromatic rings. The fourth-order valence-corrected chi connectivity index (χ4v) is 5.29. The molecular weight excluding hydrogens is 412 g/mol. The highest BCUT2D eigenvalue weighted by molar-refractivity contribution is 7.98. The molecule has 30 heavy (non-hydrogen) atoms. The van der Waals surface area contributed by atoms with Crippen molar-refractivity contribution in [3.63, 3.8) is 0 Å². The third-order valence-electron chi connectivity index (χ3n) is 5.61. The van der Waals surface area contributed by atoms with Crippen molar-refractivity contribution >= 4 is 41.1 Å². The fourth-order valence-electron chi connectivity index (χ4n) is 4.03. The lowest BCUT2D eigenvalue weighted by molar-refractivity contribution is -0.124. The number of nitrogens with zero attached hydrogens (tertiary/aromatic N) is 1. The number of thiocarbonyl (C=S) groups is 1. The average Bonchev–Trinajstić information content (AvgIpc) is 3.06. The normalized spacial score (nSPS) is 18.7. The van der Waals surface area contributed by atoms with Crippen LogP contribution in [0.1, 0.15) is 43.2 Å². The summed E-state index contributed by atoms with van der Waals surface area (Å²) in [5.41, 5.74) is 2.59. The maximum Gasteiger partial charge on any atom is 0.276 e. The zero-order valence-electron chi connectivity index (χ0n) is 17.1. The minimum Gasteiger partial charge on any atom is -0.496 e. The SMILES string of the molecule is COc1cc(/C=C2/NC(=S)N(C3CCCCC3)C2=O)ccc1CSc1ccccc1. The smallest absolute Gasteiger partial charge is 0.276 e. The number of hydrogen-bond acceptors (Lipinski definition) is 4. The van der Waals surface area contributed by atoms with Crippen LogP contribution in [0.4, 0.5) is 0 Å². The Hall–Kier alpha value is -2.31. The van der Waals surface area contributed by atoms with Gasteiger partial charge >= 0.3 is 0 Å². The Morgan fingerprint density at radius 3 is 2.67 bits per heavy atom. The fraction of sp³-hybridized carbons (Fsp3) is 0.333. The van der Waals surface area contributed by atoms with Crippen molar-refractivity contribution in [2.75, 3.05) is 7.11 Å². The Bertz CT molecular complexity index is 953. The van der Waals surface area contributed by atoms with Gasteiger partial charge in [-0.25, -0.2) is 0 Å². The number of hydrogen-bond donors (Lipinski definition) is 1. The predicted molar refractivity (Wildman–Crippen MR) is 126 cm³/mol. The highest BCUT2D eigenvalue weighted by Gasteiger charge is 2.36. The maximum atomic E-state index is 13.0. The van der Waals surface area contributed by atoms with Gasteiger partial charge < -0.3 is 10.1 Å². The molecule has 0 radical (unpaired) electrons. The molecule has 0 unspecified atom stereocenters. The molecule has 1 aliphatic heterocycles. The molecule has 156 valence electrons. The average molecular weight is 439 g/mol. The van der Waals surface area contributed by atoms with E-state index < -0.39 is 0 Å². The van der Waals surface area contributed by atoms with Gasteiger partial charge in [-0.15, -0.1) is 11.8 Å². The number of thioether (sulfide) groups is 1. The first kappa shape index (κ1) is 20.9. The molecule has 4 rings (SSSR count). The van der Waals surface area contributed by atoms with Gasteiger partial charge in [-0.1, -0.05) is 49.6 Å². The van der Waals surface area contributed by atoms with Crippen LogP contribution in [0, 0.1) is 0 Å². The van der Waals surface area contributed by atoms with Gasteiger partial charge in [0, 0.05) is 22.3 Å². The monoisotopic (exact) mass is 438 g/mol. The van der Waals surface area contributed by atoms with Crippen molar-refractivity contribution in [2.24, 2.45) is 0 Å². The molecule has 6 heteroatoms. The third-order valence-corrected chi connectivity index (χ3v) is 6.97. The van der Waals surface area contributed by atoms with E-state index in [4.69, 9.17) is 17.0 Å². The molecule has 1 saturated heterocycles. The number of ether oxygens (including phenoxy) is 1. The summed E-state index contributed by atoms with van der Waals surface area (Å²) in [6.07, 6.45) is 7.50. The van der Waals surface area contributed by atoms with Crippen LogP contribution in [0.15, 0.2) is 59.1 Å². The molecule has 4 nitrogen and oxygen atoms in total. The van der Waals surface area contributed by atoms with Crippen molar-refractivity contribution in [2.45, 2.75) is 48.8 Å². The molecule has 0 aromatic heterocycles. The summed E-state index contributed by atoms with van der Waals surface area (Å²) in [6.45, 7) is 0. The lowest BCUT2D eigenvalue weighted by Gasteiger charge is -2.29. The number of rotatable bonds is 6. The van der Waals surface area contributed by atoms with E-state index in [9.17, 15) is 4.79 Å². The Morgan fingerprint density at radius 1 is 1.17 bits per heavy atom. The molecule has 0 bridgehead atoms.